The molecule has 0 N–H and O–H groups in total. The van der Waals surface area contributed by atoms with Crippen LogP contribution in [0.5, 0.6) is 0 Å². The molecule has 0 aromatic heterocycles. The number of alkyl halides is 19. The van der Waals surface area contributed by atoms with E-state index in [4.69, 9.17) is 0 Å². The van der Waals surface area contributed by atoms with Gasteiger partial charge in [0.2, 0.25) is 0 Å². The minimum absolute atomic E-state index is 0. The van der Waals surface area contributed by atoms with Crippen molar-refractivity contribution in [3.63, 3.8) is 0 Å². The van der Waals surface area contributed by atoms with E-state index in [1.54, 1.807) is 0 Å². The van der Waals surface area contributed by atoms with Crippen LogP contribution < -0.4 is 74.0 Å². The Morgan fingerprint density at radius 3 is 0.906 bits per heavy atom. The van der Waals surface area contributed by atoms with E-state index in [0.29, 0.717) is 0 Å². The molecule has 188 valence electrons. The third-order valence-corrected chi connectivity index (χ3v) is 2.74. The second-order valence-electron chi connectivity index (χ2n) is 5.01. The molecule has 0 radical (unpaired) electrons. The third kappa shape index (κ3) is 6.05. The van der Waals surface area contributed by atoms with Gasteiger partial charge in [0.25, 0.3) is 6.11 Å². The fourth-order valence-electron chi connectivity index (χ4n) is 1.21. The zero-order valence-corrected chi connectivity index (χ0v) is 20.2. The number of rotatable bonds is 7. The first kappa shape index (κ1) is 34.8. The van der Waals surface area contributed by atoms with Gasteiger partial charge in [-0.1, -0.05) is 0 Å². The first-order valence-corrected chi connectivity index (χ1v) is 6.11. The molecule has 0 fully saturated rings. The summed E-state index contributed by atoms with van der Waals surface area (Å²) in [6.45, 7) is 0. The van der Waals surface area contributed by atoms with E-state index in [9.17, 15) is 88.5 Å². The van der Waals surface area contributed by atoms with Gasteiger partial charge in [-0.2, -0.15) is 74.6 Å². The van der Waals surface area contributed by atoms with E-state index >= 15 is 0 Å². The molecule has 32 heavy (non-hydrogen) atoms. The number of ether oxygens (including phenoxy) is 2. The number of hydrogen-bond donors (Lipinski definition) is 0. The molecule has 0 saturated heterocycles. The maximum atomic E-state index is 13.5. The largest absolute Gasteiger partial charge is 1.00 e. The van der Waals surface area contributed by atoms with Gasteiger partial charge in [0.1, 0.15) is 0 Å². The van der Waals surface area contributed by atoms with Crippen LogP contribution in [0.2, 0.25) is 0 Å². The average molecular weight is 650 g/mol. The van der Waals surface area contributed by atoms with Crippen LogP contribution in [0.3, 0.4) is 0 Å². The Kier molecular flexibility index (Phi) is 10.0. The Balaban J connectivity index is 0. The fourth-order valence-corrected chi connectivity index (χ4v) is 1.21. The van der Waals surface area contributed by atoms with Gasteiger partial charge in [0, 0.05) is 0 Å². The van der Waals surface area contributed by atoms with Crippen LogP contribution in [0, 0.1) is 0 Å². The SMILES string of the molecule is [Cs+].[O-]C(F)(F)C(F)(OC(F)(F)C(F)(OC(F)(F)C(F)(F)C(F)(F)F)C(F)(F)F)C(F)(F)F. The van der Waals surface area contributed by atoms with Gasteiger partial charge < -0.3 is 5.11 Å². The van der Waals surface area contributed by atoms with Crippen LogP contribution in [0.4, 0.5) is 83.4 Å². The van der Waals surface area contributed by atoms with Crippen molar-refractivity contribution in [2.24, 2.45) is 0 Å². The molecule has 0 aromatic rings. The Hall–Kier alpha value is 0.602. The van der Waals surface area contributed by atoms with Crippen molar-refractivity contribution in [1.82, 2.24) is 0 Å². The van der Waals surface area contributed by atoms with Gasteiger partial charge in [-0.15, -0.1) is 0 Å². The molecule has 0 bridgehead atoms. The third-order valence-electron chi connectivity index (χ3n) is 2.74. The van der Waals surface area contributed by atoms with Crippen molar-refractivity contribution in [2.75, 3.05) is 0 Å². The first-order valence-electron chi connectivity index (χ1n) is 6.11. The van der Waals surface area contributed by atoms with Crippen molar-refractivity contribution < 1.29 is 167 Å². The molecule has 0 heterocycles. The summed E-state index contributed by atoms with van der Waals surface area (Å²) in [5.41, 5.74) is 0. The van der Waals surface area contributed by atoms with Crippen LogP contribution in [0.15, 0.2) is 0 Å². The molecule has 0 aliphatic rings. The summed E-state index contributed by atoms with van der Waals surface area (Å²) < 4.78 is 239. The summed E-state index contributed by atoms with van der Waals surface area (Å²) in [4.78, 5) is 0. The van der Waals surface area contributed by atoms with Crippen molar-refractivity contribution in [1.29, 1.82) is 0 Å². The van der Waals surface area contributed by atoms with Gasteiger partial charge in [-0.3, -0.25) is 9.47 Å². The number of halogens is 19. The quantitative estimate of drug-likeness (QED) is 0.396. The first-order chi connectivity index (χ1) is 12.9. The Labute approximate surface area is 219 Å². The Morgan fingerprint density at radius 1 is 0.406 bits per heavy atom. The Morgan fingerprint density at radius 2 is 0.688 bits per heavy atom. The molecule has 0 aliphatic heterocycles. The summed E-state index contributed by atoms with van der Waals surface area (Å²) in [6.07, 6.45) is -47.6. The van der Waals surface area contributed by atoms with Gasteiger partial charge in [-0.25, -0.2) is 8.78 Å². The standard InChI is InChI=1S/C9F19O3.Cs/c10-1(11,4(14,15)16)8(25,26)31-3(13,6(20,21)22)9(27,28)30-2(12,5(17,18)19)7(23,24)29;/q-1;+1. The summed E-state index contributed by atoms with van der Waals surface area (Å²) in [7, 11) is 0. The van der Waals surface area contributed by atoms with E-state index in [0.717, 1.165) is 9.47 Å². The van der Waals surface area contributed by atoms with Crippen LogP contribution >= 0.6 is 0 Å². The van der Waals surface area contributed by atoms with Crippen molar-refractivity contribution in [2.45, 2.75) is 54.5 Å². The van der Waals surface area contributed by atoms with Gasteiger partial charge in [0.05, 0.1) is 0 Å². The molecule has 2 unspecified atom stereocenters. The summed E-state index contributed by atoms with van der Waals surface area (Å²) in [6, 6.07) is 0. The maximum Gasteiger partial charge on any atom is 1.00 e. The van der Waals surface area contributed by atoms with Crippen molar-refractivity contribution >= 4 is 0 Å². The second-order valence-corrected chi connectivity index (χ2v) is 5.01. The monoisotopic (exact) mass is 650 g/mol. The minimum Gasteiger partial charge on any atom is -0.794 e. The number of hydrogen-bond acceptors (Lipinski definition) is 3. The molecular formula is C9CsF19O3. The molecule has 0 aliphatic carbocycles. The smallest absolute Gasteiger partial charge is 0.794 e. The zero-order chi connectivity index (χ0) is 25.9. The van der Waals surface area contributed by atoms with E-state index < -0.39 is 54.5 Å². The molecule has 0 amide bonds. The predicted molar refractivity (Wildman–Crippen MR) is 47.8 cm³/mol. The topological polar surface area (TPSA) is 41.5 Å². The van der Waals surface area contributed by atoms with E-state index in [1.807, 2.05) is 0 Å². The normalized spacial score (nSPS) is 19.1. The van der Waals surface area contributed by atoms with Crippen LogP contribution in [0.25, 0.3) is 0 Å². The molecular weight excluding hydrogens is 650 g/mol. The maximum absolute atomic E-state index is 13.5. The zero-order valence-electron chi connectivity index (χ0n) is 13.9. The van der Waals surface area contributed by atoms with Crippen LogP contribution in [0.1, 0.15) is 0 Å². The average Bonchev–Trinajstić information content (AvgIpc) is 2.40. The molecule has 0 aromatic carbocycles. The molecule has 0 rings (SSSR count). The summed E-state index contributed by atoms with van der Waals surface area (Å²) in [5.74, 6) is -24.2. The van der Waals surface area contributed by atoms with E-state index in [1.165, 1.54) is 0 Å². The van der Waals surface area contributed by atoms with E-state index in [2.05, 4.69) is 0 Å². The minimum atomic E-state index is -8.31. The summed E-state index contributed by atoms with van der Waals surface area (Å²) in [5, 5.41) is 9.85. The molecule has 0 saturated carbocycles. The molecule has 2 atom stereocenters. The second kappa shape index (κ2) is 9.24. The van der Waals surface area contributed by atoms with Gasteiger partial charge >= 0.3 is 117 Å². The van der Waals surface area contributed by atoms with Crippen LogP contribution in [-0.2, 0) is 9.47 Å². The summed E-state index contributed by atoms with van der Waals surface area (Å²) >= 11 is 0. The van der Waals surface area contributed by atoms with Gasteiger partial charge in [-0.05, 0) is 0 Å². The van der Waals surface area contributed by atoms with Crippen molar-refractivity contribution in [3.05, 3.63) is 0 Å². The molecule has 0 spiro atoms. The van der Waals surface area contributed by atoms with E-state index in [-0.39, 0.29) is 68.9 Å². The van der Waals surface area contributed by atoms with Crippen molar-refractivity contribution in [3.8, 4) is 0 Å². The fraction of sp³-hybridized carbons (Fsp3) is 1.00. The molecule has 23 heteroatoms. The predicted octanol–water partition coefficient (Wildman–Crippen LogP) is 1.82. The molecule has 3 nitrogen and oxygen atoms in total. The van der Waals surface area contributed by atoms with Gasteiger partial charge in [0.15, 0.2) is 0 Å². The Bertz CT molecular complexity index is 630. The van der Waals surface area contributed by atoms with Crippen LogP contribution in [-0.4, -0.2) is 54.5 Å².